The maximum atomic E-state index is 8.85. The van der Waals surface area contributed by atoms with E-state index in [1.165, 1.54) is 4.68 Å². The Kier molecular flexibility index (Phi) is 3.93. The zero-order chi connectivity index (χ0) is 5.98. The number of aromatic hydroxyl groups is 1. The summed E-state index contributed by atoms with van der Waals surface area (Å²) in [4.78, 5) is 0. The van der Waals surface area contributed by atoms with Crippen molar-refractivity contribution in [3.8, 4) is 5.88 Å². The Morgan fingerprint density at radius 1 is 1.78 bits per heavy atom. The Hall–Kier alpha value is 0.0100. The summed E-state index contributed by atoms with van der Waals surface area (Å²) in [6.07, 6.45) is 1.57. The Morgan fingerprint density at radius 2 is 2.44 bits per heavy atom. The van der Waals surface area contributed by atoms with Crippen molar-refractivity contribution in [1.29, 1.82) is 0 Å². The maximum absolute atomic E-state index is 8.85. The van der Waals surface area contributed by atoms with Crippen LogP contribution in [0.25, 0.3) is 0 Å². The van der Waals surface area contributed by atoms with E-state index in [4.69, 9.17) is 5.11 Å². The summed E-state index contributed by atoms with van der Waals surface area (Å²) in [5, 5.41) is 12.7. The van der Waals surface area contributed by atoms with Gasteiger partial charge in [0.25, 0.3) is 0 Å². The molecule has 0 fully saturated rings. The molecule has 1 heterocycles. The molecule has 0 aromatic carbocycles. The van der Waals surface area contributed by atoms with Crippen molar-refractivity contribution in [2.75, 3.05) is 0 Å². The fourth-order valence-electron chi connectivity index (χ4n) is 0.569. The van der Waals surface area contributed by atoms with E-state index in [-0.39, 0.29) is 35.4 Å². The fraction of sp³-hybridized carbons (Fsp3) is 0.400. The second kappa shape index (κ2) is 3.93. The van der Waals surface area contributed by atoms with Crippen molar-refractivity contribution in [3.63, 3.8) is 0 Å². The van der Waals surface area contributed by atoms with E-state index >= 15 is 0 Å². The summed E-state index contributed by atoms with van der Waals surface area (Å²) in [6, 6.07) is 1.56. The van der Waals surface area contributed by atoms with Crippen LogP contribution in [-0.4, -0.2) is 44.4 Å². The molecule has 46 valence electrons. The summed E-state index contributed by atoms with van der Waals surface area (Å²) >= 11 is 0. The molecule has 0 atom stereocenters. The van der Waals surface area contributed by atoms with E-state index in [1.54, 1.807) is 12.3 Å². The molecular formula is C5H9N2NaO. The molecule has 0 spiro atoms. The first-order chi connectivity index (χ1) is 3.84. The van der Waals surface area contributed by atoms with Gasteiger partial charge >= 0.3 is 29.6 Å². The first-order valence-electron chi connectivity index (χ1n) is 2.55. The van der Waals surface area contributed by atoms with Gasteiger partial charge in [-0.3, -0.25) is 0 Å². The van der Waals surface area contributed by atoms with Crippen molar-refractivity contribution in [2.24, 2.45) is 0 Å². The van der Waals surface area contributed by atoms with Crippen LogP contribution in [0.15, 0.2) is 12.3 Å². The molecule has 0 bridgehead atoms. The quantitative estimate of drug-likeness (QED) is 0.550. The molecule has 0 aliphatic heterocycles. The molecule has 0 saturated carbocycles. The van der Waals surface area contributed by atoms with Gasteiger partial charge in [-0.15, -0.1) is 0 Å². The van der Waals surface area contributed by atoms with Crippen molar-refractivity contribution >= 4 is 29.6 Å². The van der Waals surface area contributed by atoms with Gasteiger partial charge in [-0.1, -0.05) is 0 Å². The first-order valence-corrected chi connectivity index (χ1v) is 2.55. The fourth-order valence-corrected chi connectivity index (χ4v) is 0.569. The number of hydrogen-bond acceptors (Lipinski definition) is 2. The monoisotopic (exact) mass is 136 g/mol. The van der Waals surface area contributed by atoms with Crippen LogP contribution in [0.2, 0.25) is 0 Å². The summed E-state index contributed by atoms with van der Waals surface area (Å²) in [5.74, 6) is 0.229. The van der Waals surface area contributed by atoms with Gasteiger partial charge in [0.2, 0.25) is 5.88 Å². The van der Waals surface area contributed by atoms with Gasteiger partial charge in [0, 0.05) is 12.6 Å². The van der Waals surface area contributed by atoms with Gasteiger partial charge in [-0.2, -0.15) is 5.10 Å². The Labute approximate surface area is 76.0 Å². The van der Waals surface area contributed by atoms with Gasteiger partial charge in [0.05, 0.1) is 6.20 Å². The zero-order valence-electron chi connectivity index (χ0n) is 4.70. The van der Waals surface area contributed by atoms with Gasteiger partial charge in [0.15, 0.2) is 0 Å². The SMILES string of the molecule is CCn1nccc1O.[NaH]. The molecule has 3 nitrogen and oxygen atoms in total. The molecule has 1 aromatic heterocycles. The molecule has 0 radical (unpaired) electrons. The van der Waals surface area contributed by atoms with Crippen LogP contribution in [-0.2, 0) is 6.54 Å². The topological polar surface area (TPSA) is 38.0 Å². The first kappa shape index (κ1) is 9.01. The Balaban J connectivity index is 0.000000640. The summed E-state index contributed by atoms with van der Waals surface area (Å²) < 4.78 is 1.51. The summed E-state index contributed by atoms with van der Waals surface area (Å²) in [6.45, 7) is 2.64. The normalized spacial score (nSPS) is 8.56. The Bertz CT molecular complexity index is 175. The molecule has 9 heavy (non-hydrogen) atoms. The van der Waals surface area contributed by atoms with Gasteiger partial charge < -0.3 is 5.11 Å². The third-order valence-electron chi connectivity index (χ3n) is 0.994. The predicted molar refractivity (Wildman–Crippen MR) is 36.7 cm³/mol. The minimum absolute atomic E-state index is 0. The molecule has 1 N–H and O–H groups in total. The van der Waals surface area contributed by atoms with Gasteiger partial charge in [0.1, 0.15) is 0 Å². The average molecular weight is 136 g/mol. The third-order valence-corrected chi connectivity index (χ3v) is 0.994. The van der Waals surface area contributed by atoms with Crippen molar-refractivity contribution < 1.29 is 5.11 Å². The molecule has 0 aliphatic rings. The minimum atomic E-state index is 0. The van der Waals surface area contributed by atoms with Crippen molar-refractivity contribution in [1.82, 2.24) is 9.78 Å². The van der Waals surface area contributed by atoms with Gasteiger partial charge in [-0.05, 0) is 6.92 Å². The molecule has 0 amide bonds. The predicted octanol–water partition coefficient (Wildman–Crippen LogP) is -0.0399. The molecule has 0 aliphatic carbocycles. The van der Waals surface area contributed by atoms with Crippen LogP contribution in [0.5, 0.6) is 5.88 Å². The molecule has 1 aromatic rings. The standard InChI is InChI=1S/C5H8N2O.Na.H/c1-2-7-5(8)3-4-6-7;;/h3-4,8H,2H2,1H3;;. The van der Waals surface area contributed by atoms with Crippen LogP contribution in [0.4, 0.5) is 0 Å². The number of rotatable bonds is 1. The van der Waals surface area contributed by atoms with Gasteiger partial charge in [-0.25, -0.2) is 4.68 Å². The van der Waals surface area contributed by atoms with E-state index in [9.17, 15) is 0 Å². The molecular weight excluding hydrogens is 127 g/mol. The molecule has 4 heteroatoms. The van der Waals surface area contributed by atoms with Crippen LogP contribution in [0, 0.1) is 0 Å². The second-order valence-corrected chi connectivity index (χ2v) is 1.51. The number of hydrogen-bond donors (Lipinski definition) is 1. The molecule has 0 saturated heterocycles. The summed E-state index contributed by atoms with van der Waals surface area (Å²) in [7, 11) is 0. The summed E-state index contributed by atoms with van der Waals surface area (Å²) in [5.41, 5.74) is 0. The number of aromatic nitrogens is 2. The van der Waals surface area contributed by atoms with E-state index in [0.29, 0.717) is 0 Å². The number of nitrogens with zero attached hydrogens (tertiary/aromatic N) is 2. The zero-order valence-corrected chi connectivity index (χ0v) is 4.70. The van der Waals surface area contributed by atoms with E-state index in [1.807, 2.05) is 6.92 Å². The van der Waals surface area contributed by atoms with Crippen molar-refractivity contribution in [3.05, 3.63) is 12.3 Å². The van der Waals surface area contributed by atoms with E-state index in [2.05, 4.69) is 5.10 Å². The van der Waals surface area contributed by atoms with Crippen LogP contribution in [0.3, 0.4) is 0 Å². The average Bonchev–Trinajstić information content (AvgIpc) is 2.14. The van der Waals surface area contributed by atoms with E-state index in [0.717, 1.165) is 6.54 Å². The number of aryl methyl sites for hydroxylation is 1. The van der Waals surface area contributed by atoms with Crippen LogP contribution < -0.4 is 0 Å². The molecule has 0 unspecified atom stereocenters. The molecule has 1 rings (SSSR count). The second-order valence-electron chi connectivity index (χ2n) is 1.51. The van der Waals surface area contributed by atoms with Crippen molar-refractivity contribution in [2.45, 2.75) is 13.5 Å². The Morgan fingerprint density at radius 3 is 2.67 bits per heavy atom. The van der Waals surface area contributed by atoms with Crippen LogP contribution in [0.1, 0.15) is 6.92 Å². The van der Waals surface area contributed by atoms with E-state index < -0.39 is 0 Å². The van der Waals surface area contributed by atoms with Crippen LogP contribution >= 0.6 is 0 Å². The third kappa shape index (κ3) is 2.01.